The van der Waals surface area contributed by atoms with E-state index in [2.05, 4.69) is 4.98 Å². The molecule has 0 aliphatic rings. The van der Waals surface area contributed by atoms with Gasteiger partial charge in [-0.1, -0.05) is 35.9 Å². The summed E-state index contributed by atoms with van der Waals surface area (Å²) in [5.74, 6) is 1.79. The third-order valence-electron chi connectivity index (χ3n) is 4.97. The molecule has 0 radical (unpaired) electrons. The van der Waals surface area contributed by atoms with Crippen LogP contribution in [0.15, 0.2) is 60.8 Å². The van der Waals surface area contributed by atoms with Crippen molar-refractivity contribution in [2.45, 2.75) is 6.54 Å². The second-order valence-electron chi connectivity index (χ2n) is 6.85. The van der Waals surface area contributed by atoms with Crippen molar-refractivity contribution in [3.8, 4) is 17.2 Å². The molecular formula is C24H21ClN2O4S. The lowest BCUT2D eigenvalue weighted by Gasteiger charge is -2.22. The number of carbonyl (C=O) groups excluding carboxylic acids is 1. The van der Waals surface area contributed by atoms with Gasteiger partial charge in [0.2, 0.25) is 5.75 Å². The zero-order valence-corrected chi connectivity index (χ0v) is 19.4. The first-order valence-corrected chi connectivity index (χ1v) is 11.0. The summed E-state index contributed by atoms with van der Waals surface area (Å²) in [5, 5.41) is 1.30. The van der Waals surface area contributed by atoms with Crippen molar-refractivity contribution in [2.24, 2.45) is 0 Å². The first-order valence-electron chi connectivity index (χ1n) is 9.76. The lowest BCUT2D eigenvalue weighted by molar-refractivity contribution is 0.0988. The van der Waals surface area contributed by atoms with Crippen molar-refractivity contribution in [3.63, 3.8) is 0 Å². The number of ether oxygens (including phenoxy) is 3. The van der Waals surface area contributed by atoms with E-state index in [0.29, 0.717) is 33.0 Å². The Labute approximate surface area is 194 Å². The molecule has 0 fully saturated rings. The van der Waals surface area contributed by atoms with Gasteiger partial charge < -0.3 is 14.2 Å². The van der Waals surface area contributed by atoms with Gasteiger partial charge in [0.25, 0.3) is 5.91 Å². The summed E-state index contributed by atoms with van der Waals surface area (Å²) >= 11 is 7.97. The van der Waals surface area contributed by atoms with Crippen LogP contribution >= 0.6 is 22.9 Å². The maximum absolute atomic E-state index is 13.7. The van der Waals surface area contributed by atoms with Crippen LogP contribution in [0.5, 0.6) is 17.2 Å². The lowest BCUT2D eigenvalue weighted by Crippen LogP contribution is -2.30. The number of aromatic nitrogens is 1. The van der Waals surface area contributed by atoms with Crippen LogP contribution in [0.1, 0.15) is 15.2 Å². The number of thiophene rings is 1. The van der Waals surface area contributed by atoms with Gasteiger partial charge in [0.05, 0.1) is 32.9 Å². The molecule has 164 valence electrons. The Hall–Kier alpha value is -3.29. The topological polar surface area (TPSA) is 60.9 Å². The first-order chi connectivity index (χ1) is 15.6. The summed E-state index contributed by atoms with van der Waals surface area (Å²) in [6, 6.07) is 16.8. The predicted molar refractivity (Wildman–Crippen MR) is 128 cm³/mol. The fourth-order valence-corrected chi connectivity index (χ4v) is 4.91. The molecule has 0 aliphatic heterocycles. The lowest BCUT2D eigenvalue weighted by atomic mass is 10.1. The highest BCUT2D eigenvalue weighted by atomic mass is 35.5. The Balaban J connectivity index is 1.79. The number of carbonyl (C=O) groups is 1. The Morgan fingerprint density at radius 1 is 1.00 bits per heavy atom. The number of anilines is 1. The van der Waals surface area contributed by atoms with Gasteiger partial charge in [-0.25, -0.2) is 4.98 Å². The number of hydrogen-bond donors (Lipinski definition) is 0. The maximum atomic E-state index is 13.7. The van der Waals surface area contributed by atoms with E-state index in [4.69, 9.17) is 25.8 Å². The Morgan fingerprint density at radius 2 is 1.69 bits per heavy atom. The van der Waals surface area contributed by atoms with Gasteiger partial charge in [-0.3, -0.25) is 9.69 Å². The van der Waals surface area contributed by atoms with Gasteiger partial charge in [-0.05, 0) is 35.9 Å². The van der Waals surface area contributed by atoms with Gasteiger partial charge in [-0.2, -0.15) is 0 Å². The van der Waals surface area contributed by atoms with Crippen LogP contribution in [-0.2, 0) is 6.54 Å². The molecule has 4 aromatic rings. The predicted octanol–water partition coefficient (Wildman–Crippen LogP) is 5.82. The molecule has 0 atom stereocenters. The number of amides is 1. The van der Waals surface area contributed by atoms with E-state index in [1.807, 2.05) is 42.5 Å². The standard InChI is InChI=1S/C24H21ClN2O4S/c1-29-17-12-15(13-18(30-2)22(17)31-3)14-27(20-10-6-7-11-26-20)24(28)23-21(25)16-8-4-5-9-19(16)32-23/h4-13H,14H2,1-3H3. The van der Waals surface area contributed by atoms with E-state index in [9.17, 15) is 4.79 Å². The number of methoxy groups -OCH3 is 3. The van der Waals surface area contributed by atoms with Gasteiger partial charge in [-0.15, -0.1) is 11.3 Å². The molecule has 8 heteroatoms. The minimum atomic E-state index is -0.233. The Bertz CT molecular complexity index is 1230. The van der Waals surface area contributed by atoms with Crippen molar-refractivity contribution in [1.82, 2.24) is 4.98 Å². The van der Waals surface area contributed by atoms with Crippen LogP contribution in [-0.4, -0.2) is 32.2 Å². The fourth-order valence-electron chi connectivity index (χ4n) is 3.45. The molecule has 0 saturated heterocycles. The summed E-state index contributed by atoms with van der Waals surface area (Å²) in [6.45, 7) is 0.233. The quantitative estimate of drug-likeness (QED) is 0.342. The van der Waals surface area contributed by atoms with Crippen molar-refractivity contribution in [2.75, 3.05) is 26.2 Å². The highest BCUT2D eigenvalue weighted by Crippen LogP contribution is 2.40. The number of fused-ring (bicyclic) bond motifs is 1. The molecule has 2 aromatic heterocycles. The number of hydrogen-bond acceptors (Lipinski definition) is 6. The maximum Gasteiger partial charge on any atom is 0.271 e. The summed E-state index contributed by atoms with van der Waals surface area (Å²) in [5.41, 5.74) is 0.788. The smallest absolute Gasteiger partial charge is 0.271 e. The van der Waals surface area contributed by atoms with E-state index in [1.54, 1.807) is 44.6 Å². The molecule has 0 saturated carbocycles. The van der Waals surface area contributed by atoms with E-state index >= 15 is 0 Å². The van der Waals surface area contributed by atoms with Gasteiger partial charge in [0.15, 0.2) is 11.5 Å². The molecule has 0 N–H and O–H groups in total. The number of benzene rings is 2. The zero-order valence-electron chi connectivity index (χ0n) is 17.8. The average molecular weight is 469 g/mol. The number of halogens is 1. The van der Waals surface area contributed by atoms with E-state index in [-0.39, 0.29) is 12.5 Å². The highest BCUT2D eigenvalue weighted by Gasteiger charge is 2.26. The van der Waals surface area contributed by atoms with Crippen LogP contribution in [0, 0.1) is 0 Å². The van der Waals surface area contributed by atoms with Crippen LogP contribution in [0.25, 0.3) is 10.1 Å². The van der Waals surface area contributed by atoms with Crippen molar-refractivity contribution in [3.05, 3.63) is 76.3 Å². The molecular weight excluding hydrogens is 448 g/mol. The van der Waals surface area contributed by atoms with Gasteiger partial charge in [0.1, 0.15) is 10.7 Å². The van der Waals surface area contributed by atoms with Crippen molar-refractivity contribution < 1.29 is 19.0 Å². The van der Waals surface area contributed by atoms with Crippen molar-refractivity contribution in [1.29, 1.82) is 0 Å². The largest absolute Gasteiger partial charge is 0.493 e. The third kappa shape index (κ3) is 4.09. The fraction of sp³-hybridized carbons (Fsp3) is 0.167. The van der Waals surface area contributed by atoms with Gasteiger partial charge >= 0.3 is 0 Å². The number of rotatable bonds is 7. The van der Waals surface area contributed by atoms with E-state index in [1.165, 1.54) is 11.3 Å². The second kappa shape index (κ2) is 9.46. The van der Waals surface area contributed by atoms with Crippen LogP contribution in [0.2, 0.25) is 5.02 Å². The van der Waals surface area contributed by atoms with Crippen molar-refractivity contribution >= 4 is 44.7 Å². The van der Waals surface area contributed by atoms with Crippen LogP contribution in [0.3, 0.4) is 0 Å². The molecule has 0 spiro atoms. The summed E-state index contributed by atoms with van der Waals surface area (Å²) in [6.07, 6.45) is 1.65. The second-order valence-corrected chi connectivity index (χ2v) is 8.28. The molecule has 1 amide bonds. The zero-order chi connectivity index (χ0) is 22.7. The highest BCUT2D eigenvalue weighted by molar-refractivity contribution is 7.21. The first kappa shape index (κ1) is 21.9. The third-order valence-corrected chi connectivity index (χ3v) is 6.63. The molecule has 2 heterocycles. The minimum Gasteiger partial charge on any atom is -0.493 e. The van der Waals surface area contributed by atoms with E-state index < -0.39 is 0 Å². The van der Waals surface area contributed by atoms with E-state index in [0.717, 1.165) is 15.6 Å². The molecule has 4 rings (SSSR count). The number of pyridine rings is 1. The molecule has 2 aromatic carbocycles. The normalized spacial score (nSPS) is 10.8. The summed E-state index contributed by atoms with van der Waals surface area (Å²) in [7, 11) is 4.66. The molecule has 0 bridgehead atoms. The Kier molecular flexibility index (Phi) is 6.48. The minimum absolute atomic E-state index is 0.233. The van der Waals surface area contributed by atoms with Crippen LogP contribution < -0.4 is 19.1 Å². The molecule has 32 heavy (non-hydrogen) atoms. The van der Waals surface area contributed by atoms with Gasteiger partial charge in [0, 0.05) is 16.3 Å². The summed E-state index contributed by atoms with van der Waals surface area (Å²) < 4.78 is 17.3. The summed E-state index contributed by atoms with van der Waals surface area (Å²) in [4.78, 5) is 20.2. The molecule has 0 aliphatic carbocycles. The monoisotopic (exact) mass is 468 g/mol. The average Bonchev–Trinajstić information content (AvgIpc) is 3.18. The molecule has 0 unspecified atom stereocenters. The molecule has 6 nitrogen and oxygen atoms in total. The Morgan fingerprint density at radius 3 is 2.28 bits per heavy atom. The SMILES string of the molecule is COc1cc(CN(C(=O)c2sc3ccccc3c2Cl)c2ccccn2)cc(OC)c1OC. The number of nitrogens with zero attached hydrogens (tertiary/aromatic N) is 2. The van der Waals surface area contributed by atoms with Crippen LogP contribution in [0.4, 0.5) is 5.82 Å².